The lowest BCUT2D eigenvalue weighted by molar-refractivity contribution is 0.0949. The first-order chi connectivity index (χ1) is 12.3. The first kappa shape index (κ1) is 16.9. The van der Waals surface area contributed by atoms with Gasteiger partial charge in [-0.25, -0.2) is 4.98 Å². The zero-order chi connectivity index (χ0) is 17.5. The molecule has 3 rings (SSSR count). The highest BCUT2D eigenvalue weighted by Gasteiger charge is 2.22. The SMILES string of the molecule is CCNC(=NCCNC(=O)c1cnccn1)N1CCc2ccccc21. The minimum atomic E-state index is -0.236. The molecule has 1 aliphatic rings. The van der Waals surface area contributed by atoms with Gasteiger partial charge in [-0.1, -0.05) is 18.2 Å². The summed E-state index contributed by atoms with van der Waals surface area (Å²) in [6.07, 6.45) is 5.51. The highest BCUT2D eigenvalue weighted by molar-refractivity contribution is 5.98. The van der Waals surface area contributed by atoms with E-state index in [4.69, 9.17) is 0 Å². The Morgan fingerprint density at radius 1 is 1.28 bits per heavy atom. The molecule has 0 saturated heterocycles. The van der Waals surface area contributed by atoms with Gasteiger partial charge in [0.05, 0.1) is 12.7 Å². The van der Waals surface area contributed by atoms with Gasteiger partial charge in [0.1, 0.15) is 5.69 Å². The van der Waals surface area contributed by atoms with Crippen molar-refractivity contribution in [3.05, 3.63) is 54.1 Å². The molecule has 0 radical (unpaired) electrons. The number of anilines is 1. The van der Waals surface area contributed by atoms with E-state index in [0.717, 1.165) is 25.5 Å². The van der Waals surface area contributed by atoms with E-state index in [1.165, 1.54) is 29.8 Å². The van der Waals surface area contributed by atoms with Gasteiger partial charge in [0.2, 0.25) is 0 Å². The second-order valence-electron chi connectivity index (χ2n) is 5.61. The molecule has 130 valence electrons. The molecule has 1 aromatic carbocycles. The summed E-state index contributed by atoms with van der Waals surface area (Å²) in [7, 11) is 0. The maximum Gasteiger partial charge on any atom is 0.271 e. The number of hydrogen-bond donors (Lipinski definition) is 2. The first-order valence-corrected chi connectivity index (χ1v) is 8.47. The molecule has 25 heavy (non-hydrogen) atoms. The molecule has 2 heterocycles. The lowest BCUT2D eigenvalue weighted by Crippen LogP contribution is -2.41. The largest absolute Gasteiger partial charge is 0.356 e. The van der Waals surface area contributed by atoms with Gasteiger partial charge in [0, 0.05) is 37.7 Å². The maximum absolute atomic E-state index is 11.9. The van der Waals surface area contributed by atoms with E-state index in [0.29, 0.717) is 18.8 Å². The quantitative estimate of drug-likeness (QED) is 0.487. The van der Waals surface area contributed by atoms with Crippen LogP contribution in [0.5, 0.6) is 0 Å². The van der Waals surface area contributed by atoms with E-state index in [2.05, 4.69) is 48.7 Å². The Hall–Kier alpha value is -2.96. The topological polar surface area (TPSA) is 82.5 Å². The molecule has 2 N–H and O–H groups in total. The predicted molar refractivity (Wildman–Crippen MR) is 97.8 cm³/mol. The summed E-state index contributed by atoms with van der Waals surface area (Å²) in [5.41, 5.74) is 2.85. The number of hydrogen-bond acceptors (Lipinski definition) is 4. The Kier molecular flexibility index (Phi) is 5.56. The van der Waals surface area contributed by atoms with E-state index in [-0.39, 0.29) is 5.91 Å². The van der Waals surface area contributed by atoms with Crippen LogP contribution < -0.4 is 15.5 Å². The zero-order valence-electron chi connectivity index (χ0n) is 14.3. The number of amides is 1. The minimum absolute atomic E-state index is 0.236. The number of carbonyl (C=O) groups excluding carboxylic acids is 1. The van der Waals surface area contributed by atoms with Crippen LogP contribution in [0.25, 0.3) is 0 Å². The number of aliphatic imine (C=N–C) groups is 1. The fraction of sp³-hybridized carbons (Fsp3) is 0.333. The average Bonchev–Trinajstić information content (AvgIpc) is 3.09. The fourth-order valence-corrected chi connectivity index (χ4v) is 2.79. The molecular formula is C18H22N6O. The number of rotatable bonds is 5. The summed E-state index contributed by atoms with van der Waals surface area (Å²) in [5.74, 6) is 0.612. The van der Waals surface area contributed by atoms with Crippen LogP contribution in [0, 0.1) is 0 Å². The number of fused-ring (bicyclic) bond motifs is 1. The molecule has 0 fully saturated rings. The van der Waals surface area contributed by atoms with E-state index in [9.17, 15) is 4.79 Å². The molecule has 1 aromatic heterocycles. The lowest BCUT2D eigenvalue weighted by Gasteiger charge is -2.22. The van der Waals surface area contributed by atoms with Crippen LogP contribution in [0.2, 0.25) is 0 Å². The number of benzene rings is 1. The Balaban J connectivity index is 1.59. The Morgan fingerprint density at radius 2 is 2.16 bits per heavy atom. The number of aromatic nitrogens is 2. The van der Waals surface area contributed by atoms with Crippen molar-refractivity contribution in [1.29, 1.82) is 0 Å². The van der Waals surface area contributed by atoms with Crippen molar-refractivity contribution in [2.24, 2.45) is 4.99 Å². The third-order valence-electron chi connectivity index (χ3n) is 3.93. The third-order valence-corrected chi connectivity index (χ3v) is 3.93. The Bertz CT molecular complexity index is 746. The summed E-state index contributed by atoms with van der Waals surface area (Å²) in [6.45, 7) is 4.70. The second-order valence-corrected chi connectivity index (χ2v) is 5.61. The van der Waals surface area contributed by atoms with Crippen LogP contribution >= 0.6 is 0 Å². The van der Waals surface area contributed by atoms with Crippen LogP contribution in [0.4, 0.5) is 5.69 Å². The van der Waals surface area contributed by atoms with Crippen LogP contribution in [0.15, 0.2) is 47.8 Å². The summed E-state index contributed by atoms with van der Waals surface area (Å²) in [5, 5.41) is 6.14. The van der Waals surface area contributed by atoms with Crippen molar-refractivity contribution < 1.29 is 4.79 Å². The van der Waals surface area contributed by atoms with Crippen LogP contribution in [-0.2, 0) is 6.42 Å². The van der Waals surface area contributed by atoms with Crippen molar-refractivity contribution >= 4 is 17.6 Å². The number of para-hydroxylation sites is 1. The van der Waals surface area contributed by atoms with Gasteiger partial charge in [-0.3, -0.25) is 14.8 Å². The van der Waals surface area contributed by atoms with Crippen molar-refractivity contribution in [1.82, 2.24) is 20.6 Å². The third kappa shape index (κ3) is 4.12. The average molecular weight is 338 g/mol. The second kappa shape index (κ2) is 8.23. The van der Waals surface area contributed by atoms with Gasteiger partial charge >= 0.3 is 0 Å². The Labute approximate surface area is 147 Å². The Morgan fingerprint density at radius 3 is 2.96 bits per heavy atom. The molecule has 7 nitrogen and oxygen atoms in total. The summed E-state index contributed by atoms with van der Waals surface area (Å²) < 4.78 is 0. The molecule has 0 unspecified atom stereocenters. The molecule has 0 bridgehead atoms. The molecule has 0 saturated carbocycles. The fourth-order valence-electron chi connectivity index (χ4n) is 2.79. The number of nitrogens with one attached hydrogen (secondary N) is 2. The molecular weight excluding hydrogens is 316 g/mol. The van der Waals surface area contributed by atoms with Gasteiger partial charge in [-0.2, -0.15) is 0 Å². The summed E-state index contributed by atoms with van der Waals surface area (Å²) in [6, 6.07) is 8.38. The monoisotopic (exact) mass is 338 g/mol. The molecule has 1 amide bonds. The highest BCUT2D eigenvalue weighted by Crippen LogP contribution is 2.27. The molecule has 0 aliphatic carbocycles. The van der Waals surface area contributed by atoms with Crippen molar-refractivity contribution in [2.45, 2.75) is 13.3 Å². The van der Waals surface area contributed by atoms with Gasteiger partial charge in [-0.15, -0.1) is 0 Å². The molecule has 0 spiro atoms. The predicted octanol–water partition coefficient (Wildman–Crippen LogP) is 1.23. The van der Waals surface area contributed by atoms with Crippen LogP contribution in [-0.4, -0.2) is 48.0 Å². The zero-order valence-corrected chi connectivity index (χ0v) is 14.3. The number of guanidine groups is 1. The van der Waals surface area contributed by atoms with Crippen molar-refractivity contribution in [2.75, 3.05) is 31.1 Å². The molecule has 0 atom stereocenters. The van der Waals surface area contributed by atoms with E-state index >= 15 is 0 Å². The van der Waals surface area contributed by atoms with Gasteiger partial charge in [0.25, 0.3) is 5.91 Å². The lowest BCUT2D eigenvalue weighted by atomic mass is 10.2. The normalized spacial score (nSPS) is 13.5. The summed E-state index contributed by atoms with van der Waals surface area (Å²) >= 11 is 0. The highest BCUT2D eigenvalue weighted by atomic mass is 16.1. The molecule has 2 aromatic rings. The van der Waals surface area contributed by atoms with Crippen molar-refractivity contribution in [3.8, 4) is 0 Å². The van der Waals surface area contributed by atoms with E-state index < -0.39 is 0 Å². The first-order valence-electron chi connectivity index (χ1n) is 8.47. The smallest absolute Gasteiger partial charge is 0.271 e. The minimum Gasteiger partial charge on any atom is -0.356 e. The standard InChI is InChI=1S/C18H22N6O/c1-2-20-18(24-12-7-14-5-3-4-6-16(14)24)23-11-10-22-17(25)15-13-19-8-9-21-15/h3-6,8-9,13H,2,7,10-12H2,1H3,(H,20,23)(H,22,25). The number of carbonyl (C=O) groups is 1. The maximum atomic E-state index is 11.9. The molecule has 1 aliphatic heterocycles. The van der Waals surface area contributed by atoms with Gasteiger partial charge in [0.15, 0.2) is 5.96 Å². The number of nitrogens with zero attached hydrogens (tertiary/aromatic N) is 4. The summed E-state index contributed by atoms with van der Waals surface area (Å²) in [4.78, 5) is 26.7. The van der Waals surface area contributed by atoms with Gasteiger partial charge < -0.3 is 15.5 Å². The molecule has 7 heteroatoms. The van der Waals surface area contributed by atoms with Gasteiger partial charge in [-0.05, 0) is 25.0 Å². The van der Waals surface area contributed by atoms with E-state index in [1.807, 2.05) is 13.0 Å². The van der Waals surface area contributed by atoms with Crippen LogP contribution in [0.3, 0.4) is 0 Å². The van der Waals surface area contributed by atoms with E-state index in [1.54, 1.807) is 0 Å². The van der Waals surface area contributed by atoms with Crippen molar-refractivity contribution in [3.63, 3.8) is 0 Å². The van der Waals surface area contributed by atoms with Crippen LogP contribution in [0.1, 0.15) is 23.0 Å².